The Kier molecular flexibility index (Phi) is 6.14. The lowest BCUT2D eigenvalue weighted by Gasteiger charge is -2.30. The number of hydroxylamine groups is 2. The molecule has 0 aromatic heterocycles. The summed E-state index contributed by atoms with van der Waals surface area (Å²) < 4.78 is 11.7. The summed E-state index contributed by atoms with van der Waals surface area (Å²) in [5, 5.41) is 12.4. The van der Waals surface area contributed by atoms with Gasteiger partial charge in [0.2, 0.25) is 0 Å². The van der Waals surface area contributed by atoms with Crippen molar-refractivity contribution in [3.63, 3.8) is 0 Å². The molecule has 0 saturated carbocycles. The van der Waals surface area contributed by atoms with Gasteiger partial charge < -0.3 is 14.7 Å². The maximum atomic E-state index is 10.4. The molecule has 1 aromatic rings. The SMILES string of the molecule is COCCCOc1cc([C@@H]2CCC(C)(C)N2O)c(Br)cc1Cl. The molecule has 1 aliphatic heterocycles. The van der Waals surface area contributed by atoms with E-state index in [2.05, 4.69) is 15.9 Å². The molecule has 1 atom stereocenters. The maximum absolute atomic E-state index is 10.4. The van der Waals surface area contributed by atoms with Crippen LogP contribution >= 0.6 is 27.5 Å². The Labute approximate surface area is 145 Å². The average Bonchev–Trinajstić information content (AvgIpc) is 2.72. The molecule has 0 amide bonds. The number of rotatable bonds is 6. The van der Waals surface area contributed by atoms with E-state index in [0.717, 1.165) is 29.3 Å². The van der Waals surface area contributed by atoms with E-state index in [4.69, 9.17) is 21.1 Å². The predicted molar refractivity (Wildman–Crippen MR) is 90.8 cm³/mol. The number of hydrogen-bond donors (Lipinski definition) is 1. The summed E-state index contributed by atoms with van der Waals surface area (Å²) in [6, 6.07) is 3.71. The van der Waals surface area contributed by atoms with Gasteiger partial charge in [0.15, 0.2) is 0 Å². The Morgan fingerprint density at radius 3 is 2.73 bits per heavy atom. The largest absolute Gasteiger partial charge is 0.492 e. The molecule has 22 heavy (non-hydrogen) atoms. The van der Waals surface area contributed by atoms with Crippen LogP contribution in [0.5, 0.6) is 5.75 Å². The first-order valence-electron chi connectivity index (χ1n) is 7.45. The highest BCUT2D eigenvalue weighted by molar-refractivity contribution is 9.10. The molecular weight excluding hydrogens is 370 g/mol. The predicted octanol–water partition coefficient (Wildman–Crippen LogP) is 4.82. The first kappa shape index (κ1) is 18.0. The standard InChI is InChI=1S/C16H23BrClNO3/c1-16(2)6-5-14(19(16)20)11-9-15(13(18)10-12(11)17)22-8-4-7-21-3/h9-10,14,20H,4-8H2,1-3H3/t14-/m0/s1. The topological polar surface area (TPSA) is 41.9 Å². The summed E-state index contributed by atoms with van der Waals surface area (Å²) in [6.45, 7) is 5.29. The summed E-state index contributed by atoms with van der Waals surface area (Å²) in [7, 11) is 1.67. The lowest BCUT2D eigenvalue weighted by molar-refractivity contribution is -0.166. The van der Waals surface area contributed by atoms with Crippen LogP contribution in [0.25, 0.3) is 0 Å². The summed E-state index contributed by atoms with van der Waals surface area (Å²) in [5.41, 5.74) is 0.780. The molecule has 2 rings (SSSR count). The molecule has 1 fully saturated rings. The van der Waals surface area contributed by atoms with Crippen molar-refractivity contribution in [3.05, 3.63) is 27.2 Å². The fraction of sp³-hybridized carbons (Fsp3) is 0.625. The highest BCUT2D eigenvalue weighted by atomic mass is 79.9. The van der Waals surface area contributed by atoms with E-state index in [1.807, 2.05) is 26.0 Å². The minimum absolute atomic E-state index is 0.0528. The third-order valence-electron chi connectivity index (χ3n) is 4.11. The van der Waals surface area contributed by atoms with Crippen molar-refractivity contribution >= 4 is 27.5 Å². The van der Waals surface area contributed by atoms with Crippen LogP contribution in [0.1, 0.15) is 44.7 Å². The third-order valence-corrected chi connectivity index (χ3v) is 5.09. The molecule has 1 saturated heterocycles. The molecule has 1 heterocycles. The van der Waals surface area contributed by atoms with Crippen LogP contribution in [0.4, 0.5) is 0 Å². The average molecular weight is 393 g/mol. The molecule has 1 N–H and O–H groups in total. The number of ether oxygens (including phenoxy) is 2. The van der Waals surface area contributed by atoms with E-state index < -0.39 is 0 Å². The number of methoxy groups -OCH3 is 1. The van der Waals surface area contributed by atoms with Crippen LogP contribution in [0.15, 0.2) is 16.6 Å². The smallest absolute Gasteiger partial charge is 0.138 e. The lowest BCUT2D eigenvalue weighted by Crippen LogP contribution is -2.36. The molecule has 124 valence electrons. The van der Waals surface area contributed by atoms with E-state index in [1.54, 1.807) is 7.11 Å². The van der Waals surface area contributed by atoms with E-state index in [9.17, 15) is 5.21 Å². The van der Waals surface area contributed by atoms with Crippen LogP contribution in [-0.4, -0.2) is 36.1 Å². The van der Waals surface area contributed by atoms with Crippen molar-refractivity contribution in [3.8, 4) is 5.75 Å². The lowest BCUT2D eigenvalue weighted by atomic mass is 10.0. The van der Waals surface area contributed by atoms with E-state index in [-0.39, 0.29) is 11.6 Å². The zero-order valence-corrected chi connectivity index (χ0v) is 15.6. The van der Waals surface area contributed by atoms with E-state index in [1.165, 1.54) is 5.06 Å². The summed E-state index contributed by atoms with van der Waals surface area (Å²) in [5.74, 6) is 0.647. The highest BCUT2D eigenvalue weighted by Gasteiger charge is 2.40. The van der Waals surface area contributed by atoms with Gasteiger partial charge >= 0.3 is 0 Å². The fourth-order valence-electron chi connectivity index (χ4n) is 2.73. The molecule has 0 bridgehead atoms. The summed E-state index contributed by atoms with van der Waals surface area (Å²) in [4.78, 5) is 0. The highest BCUT2D eigenvalue weighted by Crippen LogP contribution is 2.45. The van der Waals surface area contributed by atoms with Crippen molar-refractivity contribution in [2.45, 2.75) is 44.7 Å². The minimum Gasteiger partial charge on any atom is -0.492 e. The zero-order chi connectivity index (χ0) is 16.3. The Balaban J connectivity index is 2.18. The van der Waals surface area contributed by atoms with Gasteiger partial charge in [-0.1, -0.05) is 27.5 Å². The number of halogens is 2. The normalized spacial score (nSPS) is 21.3. The Morgan fingerprint density at radius 2 is 2.14 bits per heavy atom. The van der Waals surface area contributed by atoms with Gasteiger partial charge in [-0.05, 0) is 44.4 Å². The molecular formula is C16H23BrClNO3. The van der Waals surface area contributed by atoms with Gasteiger partial charge in [0.1, 0.15) is 5.75 Å². The maximum Gasteiger partial charge on any atom is 0.138 e. The molecule has 0 radical (unpaired) electrons. The minimum atomic E-state index is -0.219. The van der Waals surface area contributed by atoms with Crippen LogP contribution in [0.2, 0.25) is 5.02 Å². The molecule has 4 nitrogen and oxygen atoms in total. The molecule has 0 aliphatic carbocycles. The first-order valence-corrected chi connectivity index (χ1v) is 8.63. The van der Waals surface area contributed by atoms with Gasteiger partial charge in [-0.2, -0.15) is 5.06 Å². The van der Waals surface area contributed by atoms with E-state index >= 15 is 0 Å². The number of benzene rings is 1. The molecule has 6 heteroatoms. The van der Waals surface area contributed by atoms with Crippen molar-refractivity contribution in [1.82, 2.24) is 5.06 Å². The van der Waals surface area contributed by atoms with Gasteiger partial charge in [-0.25, -0.2) is 0 Å². The summed E-state index contributed by atoms with van der Waals surface area (Å²) in [6.07, 6.45) is 2.64. The number of nitrogens with zero attached hydrogens (tertiary/aromatic N) is 1. The van der Waals surface area contributed by atoms with Crippen molar-refractivity contribution < 1.29 is 14.7 Å². The van der Waals surface area contributed by atoms with Crippen LogP contribution in [0, 0.1) is 0 Å². The molecule has 0 unspecified atom stereocenters. The van der Waals surface area contributed by atoms with Crippen molar-refractivity contribution in [2.75, 3.05) is 20.3 Å². The fourth-order valence-corrected chi connectivity index (χ4v) is 3.69. The number of hydrogen-bond acceptors (Lipinski definition) is 4. The molecule has 0 spiro atoms. The molecule has 1 aromatic carbocycles. The summed E-state index contributed by atoms with van der Waals surface area (Å²) >= 11 is 9.80. The second-order valence-corrected chi connectivity index (χ2v) is 7.47. The zero-order valence-electron chi connectivity index (χ0n) is 13.2. The Morgan fingerprint density at radius 1 is 1.41 bits per heavy atom. The van der Waals surface area contributed by atoms with Gasteiger partial charge in [-0.3, -0.25) is 0 Å². The van der Waals surface area contributed by atoms with Crippen molar-refractivity contribution in [1.29, 1.82) is 0 Å². The van der Waals surface area contributed by atoms with Crippen molar-refractivity contribution in [2.24, 2.45) is 0 Å². The quantitative estimate of drug-likeness (QED) is 0.705. The van der Waals surface area contributed by atoms with Gasteiger partial charge in [0.25, 0.3) is 0 Å². The van der Waals surface area contributed by atoms with Crippen LogP contribution in [0.3, 0.4) is 0 Å². The monoisotopic (exact) mass is 391 g/mol. The van der Waals surface area contributed by atoms with Gasteiger partial charge in [0, 0.05) is 30.1 Å². The Bertz CT molecular complexity index is 524. The first-order chi connectivity index (χ1) is 10.4. The van der Waals surface area contributed by atoms with Crippen LogP contribution < -0.4 is 4.74 Å². The van der Waals surface area contributed by atoms with Gasteiger partial charge in [-0.15, -0.1) is 0 Å². The third kappa shape index (κ3) is 3.95. The van der Waals surface area contributed by atoms with Crippen LogP contribution in [-0.2, 0) is 4.74 Å². The van der Waals surface area contributed by atoms with E-state index in [0.29, 0.717) is 24.0 Å². The second-order valence-electron chi connectivity index (χ2n) is 6.21. The second kappa shape index (κ2) is 7.49. The Hall–Kier alpha value is -0.330. The van der Waals surface area contributed by atoms with Gasteiger partial charge in [0.05, 0.1) is 17.7 Å². The molecule has 1 aliphatic rings.